The van der Waals surface area contributed by atoms with Crippen LogP contribution in [0.1, 0.15) is 0 Å². The SMILES string of the molecule is COCCn1c(=O)oc(=O)c2cnc(SC)nc21. The van der Waals surface area contributed by atoms with Gasteiger partial charge >= 0.3 is 11.4 Å². The van der Waals surface area contributed by atoms with Gasteiger partial charge < -0.3 is 9.15 Å². The number of hydrogen-bond donors (Lipinski definition) is 0. The molecule has 0 radical (unpaired) electrons. The molecule has 2 heterocycles. The van der Waals surface area contributed by atoms with Crippen molar-refractivity contribution in [1.82, 2.24) is 14.5 Å². The van der Waals surface area contributed by atoms with Crippen LogP contribution in [0.3, 0.4) is 0 Å². The Morgan fingerprint density at radius 2 is 2.28 bits per heavy atom. The van der Waals surface area contributed by atoms with Gasteiger partial charge in [-0.1, -0.05) is 11.8 Å². The molecule has 0 saturated carbocycles. The molecule has 0 saturated heterocycles. The van der Waals surface area contributed by atoms with E-state index in [0.717, 1.165) is 0 Å². The predicted molar refractivity (Wildman–Crippen MR) is 66.0 cm³/mol. The Morgan fingerprint density at radius 3 is 2.94 bits per heavy atom. The van der Waals surface area contributed by atoms with Crippen molar-refractivity contribution in [3.05, 3.63) is 27.2 Å². The summed E-state index contributed by atoms with van der Waals surface area (Å²) in [5.74, 6) is -0.740. The molecule has 0 aromatic carbocycles. The van der Waals surface area contributed by atoms with Crippen molar-refractivity contribution in [3.8, 4) is 0 Å². The van der Waals surface area contributed by atoms with Crippen LogP contribution in [0.25, 0.3) is 11.0 Å². The van der Waals surface area contributed by atoms with Gasteiger partial charge in [-0.25, -0.2) is 19.6 Å². The van der Waals surface area contributed by atoms with Crippen molar-refractivity contribution >= 4 is 22.8 Å². The molecule has 0 amide bonds. The standard InChI is InChI=1S/C10H11N3O4S/c1-16-4-3-13-7-6(8(14)17-10(13)15)5-11-9(12-7)18-2/h5H,3-4H2,1-2H3. The number of methoxy groups -OCH3 is 1. The zero-order valence-electron chi connectivity index (χ0n) is 9.87. The van der Waals surface area contributed by atoms with Gasteiger partial charge in [0.1, 0.15) is 5.39 Å². The highest BCUT2D eigenvalue weighted by Crippen LogP contribution is 2.11. The van der Waals surface area contributed by atoms with Crippen LogP contribution < -0.4 is 11.4 Å². The summed E-state index contributed by atoms with van der Waals surface area (Å²) < 4.78 is 10.8. The fraction of sp³-hybridized carbons (Fsp3) is 0.400. The fourth-order valence-electron chi connectivity index (χ4n) is 1.46. The number of thioether (sulfide) groups is 1. The highest BCUT2D eigenvalue weighted by atomic mass is 32.2. The van der Waals surface area contributed by atoms with E-state index in [2.05, 4.69) is 14.4 Å². The van der Waals surface area contributed by atoms with E-state index in [9.17, 15) is 9.59 Å². The Labute approximate surface area is 106 Å². The molecule has 2 aromatic rings. The summed E-state index contributed by atoms with van der Waals surface area (Å²) in [6, 6.07) is 0. The van der Waals surface area contributed by atoms with Gasteiger partial charge in [-0.2, -0.15) is 0 Å². The predicted octanol–water partition coefficient (Wildman–Crippen LogP) is 0.113. The zero-order chi connectivity index (χ0) is 13.1. The van der Waals surface area contributed by atoms with Crippen LogP contribution in [0.2, 0.25) is 0 Å². The van der Waals surface area contributed by atoms with Gasteiger partial charge in [0, 0.05) is 13.3 Å². The molecule has 0 bridgehead atoms. The number of ether oxygens (including phenoxy) is 1. The van der Waals surface area contributed by atoms with Crippen molar-refractivity contribution in [2.75, 3.05) is 20.0 Å². The molecule has 0 spiro atoms. The normalized spacial score (nSPS) is 11.0. The quantitative estimate of drug-likeness (QED) is 0.575. The first kappa shape index (κ1) is 12.8. The molecule has 0 aliphatic heterocycles. The topological polar surface area (TPSA) is 87.2 Å². The molecule has 0 fully saturated rings. The minimum absolute atomic E-state index is 0.184. The Balaban J connectivity index is 2.73. The monoisotopic (exact) mass is 269 g/mol. The average molecular weight is 269 g/mol. The number of nitrogens with zero attached hydrogens (tertiary/aromatic N) is 3. The lowest BCUT2D eigenvalue weighted by atomic mass is 10.4. The van der Waals surface area contributed by atoms with Gasteiger partial charge in [-0.05, 0) is 6.26 Å². The molecule has 96 valence electrons. The summed E-state index contributed by atoms with van der Waals surface area (Å²) in [4.78, 5) is 31.3. The summed E-state index contributed by atoms with van der Waals surface area (Å²) in [6.45, 7) is 0.585. The molecule has 0 atom stereocenters. The molecule has 8 heteroatoms. The minimum atomic E-state index is -0.740. The van der Waals surface area contributed by atoms with Crippen LogP contribution >= 0.6 is 11.8 Å². The summed E-state index contributed by atoms with van der Waals surface area (Å²) in [5.41, 5.74) is -0.455. The van der Waals surface area contributed by atoms with Gasteiger partial charge in [-0.3, -0.25) is 4.57 Å². The zero-order valence-corrected chi connectivity index (χ0v) is 10.7. The first-order chi connectivity index (χ1) is 8.67. The molecule has 2 rings (SSSR count). The molecule has 18 heavy (non-hydrogen) atoms. The van der Waals surface area contributed by atoms with Crippen LogP contribution in [0.4, 0.5) is 0 Å². The summed E-state index contributed by atoms with van der Waals surface area (Å²) in [6.07, 6.45) is 3.17. The van der Waals surface area contributed by atoms with E-state index in [4.69, 9.17) is 4.74 Å². The van der Waals surface area contributed by atoms with Crippen molar-refractivity contribution in [3.63, 3.8) is 0 Å². The summed E-state index contributed by atoms with van der Waals surface area (Å²) >= 11 is 1.33. The first-order valence-corrected chi connectivity index (χ1v) is 6.33. The van der Waals surface area contributed by atoms with Crippen molar-refractivity contribution < 1.29 is 9.15 Å². The molecule has 0 N–H and O–H groups in total. The number of rotatable bonds is 4. The molecule has 7 nitrogen and oxygen atoms in total. The van der Waals surface area contributed by atoms with E-state index in [1.807, 2.05) is 6.26 Å². The van der Waals surface area contributed by atoms with E-state index in [1.165, 1.54) is 29.6 Å². The van der Waals surface area contributed by atoms with Crippen molar-refractivity contribution in [2.45, 2.75) is 11.7 Å². The average Bonchev–Trinajstić information content (AvgIpc) is 2.38. The van der Waals surface area contributed by atoms with Gasteiger partial charge in [0.05, 0.1) is 13.2 Å². The third-order valence-corrected chi connectivity index (χ3v) is 2.89. The highest BCUT2D eigenvalue weighted by Gasteiger charge is 2.12. The number of aromatic nitrogens is 3. The second-order valence-corrected chi connectivity index (χ2v) is 4.17. The van der Waals surface area contributed by atoms with Crippen LogP contribution in [-0.4, -0.2) is 34.5 Å². The van der Waals surface area contributed by atoms with Gasteiger partial charge in [0.25, 0.3) is 0 Å². The van der Waals surface area contributed by atoms with E-state index in [1.54, 1.807) is 0 Å². The fourth-order valence-corrected chi connectivity index (χ4v) is 1.80. The third-order valence-electron chi connectivity index (χ3n) is 2.32. The van der Waals surface area contributed by atoms with E-state index < -0.39 is 11.4 Å². The molecule has 0 aliphatic rings. The maximum absolute atomic E-state index is 11.6. The Hall–Kier alpha value is -1.67. The van der Waals surface area contributed by atoms with Gasteiger partial charge in [-0.15, -0.1) is 0 Å². The van der Waals surface area contributed by atoms with Crippen molar-refractivity contribution in [2.24, 2.45) is 0 Å². The van der Waals surface area contributed by atoms with E-state index >= 15 is 0 Å². The minimum Gasteiger partial charge on any atom is -0.383 e. The van der Waals surface area contributed by atoms with E-state index in [0.29, 0.717) is 11.8 Å². The Bertz CT molecular complexity index is 679. The summed E-state index contributed by atoms with van der Waals surface area (Å²) in [7, 11) is 1.52. The first-order valence-electron chi connectivity index (χ1n) is 5.11. The molecule has 2 aromatic heterocycles. The maximum atomic E-state index is 11.6. The third kappa shape index (κ3) is 2.29. The lowest BCUT2D eigenvalue weighted by Gasteiger charge is -2.06. The van der Waals surface area contributed by atoms with Crippen LogP contribution in [-0.2, 0) is 11.3 Å². The number of hydrogen-bond acceptors (Lipinski definition) is 7. The highest BCUT2D eigenvalue weighted by molar-refractivity contribution is 7.98. The van der Waals surface area contributed by atoms with Crippen LogP contribution in [0.15, 0.2) is 25.4 Å². The van der Waals surface area contributed by atoms with Gasteiger partial charge in [0.15, 0.2) is 10.8 Å². The molecule has 0 aliphatic carbocycles. The molecule has 0 unspecified atom stereocenters. The largest absolute Gasteiger partial charge is 0.423 e. The smallest absolute Gasteiger partial charge is 0.383 e. The Kier molecular flexibility index (Phi) is 3.78. The number of fused-ring (bicyclic) bond motifs is 1. The summed E-state index contributed by atoms with van der Waals surface area (Å²) in [5, 5.41) is 0.669. The second kappa shape index (κ2) is 5.32. The van der Waals surface area contributed by atoms with Crippen molar-refractivity contribution in [1.29, 1.82) is 0 Å². The maximum Gasteiger partial charge on any atom is 0.423 e. The molecular weight excluding hydrogens is 258 g/mol. The second-order valence-electron chi connectivity index (χ2n) is 3.39. The van der Waals surface area contributed by atoms with Crippen LogP contribution in [0, 0.1) is 0 Å². The lowest BCUT2D eigenvalue weighted by molar-refractivity contribution is 0.183. The van der Waals surface area contributed by atoms with E-state index in [-0.39, 0.29) is 17.6 Å². The van der Waals surface area contributed by atoms with Crippen LogP contribution in [0.5, 0.6) is 0 Å². The lowest BCUT2D eigenvalue weighted by Crippen LogP contribution is -2.27. The van der Waals surface area contributed by atoms with Gasteiger partial charge in [0.2, 0.25) is 0 Å². The Morgan fingerprint density at radius 1 is 1.50 bits per heavy atom. The molecular formula is C10H11N3O4S.